The largest absolute Gasteiger partial charge is 0.481 e. The quantitative estimate of drug-likeness (QED) is 0.734. The molecule has 1 aromatic carbocycles. The topological polar surface area (TPSA) is 53.1 Å². The highest BCUT2D eigenvalue weighted by Gasteiger charge is 2.05. The van der Waals surface area contributed by atoms with Crippen LogP contribution in [0.25, 0.3) is 10.9 Å². The summed E-state index contributed by atoms with van der Waals surface area (Å²) in [5.74, 6) is -0.801. The minimum Gasteiger partial charge on any atom is -0.481 e. The van der Waals surface area contributed by atoms with Gasteiger partial charge in [-0.3, -0.25) is 4.79 Å². The van der Waals surface area contributed by atoms with E-state index >= 15 is 0 Å². The Hall–Kier alpha value is -1.77. The van der Waals surface area contributed by atoms with Crippen molar-refractivity contribution in [3.63, 3.8) is 0 Å². The van der Waals surface area contributed by atoms with Crippen molar-refractivity contribution in [2.45, 2.75) is 6.42 Å². The third-order valence-electron chi connectivity index (χ3n) is 2.02. The Bertz CT molecular complexity index is 445. The number of hydrogen-bond donors (Lipinski definition) is 2. The van der Waals surface area contributed by atoms with E-state index in [1.54, 1.807) is 6.20 Å². The molecular weight excluding hydrogens is 168 g/mol. The van der Waals surface area contributed by atoms with E-state index in [2.05, 4.69) is 4.98 Å². The van der Waals surface area contributed by atoms with E-state index in [1.807, 2.05) is 24.3 Å². The molecule has 1 aromatic heterocycles. The molecule has 1 heterocycles. The Morgan fingerprint density at radius 3 is 2.92 bits per heavy atom. The predicted octanol–water partition coefficient (Wildman–Crippen LogP) is 1.79. The number of aliphatic carboxylic acids is 1. The standard InChI is InChI=1S/C10H9NO2/c12-10(13)5-7-6-11-9-4-2-1-3-8(7)9/h1-4,6,11H,5H2,(H,12,13)/i5+2. The third kappa shape index (κ3) is 1.40. The SMILES string of the molecule is O=C(O)[14CH2]c1c[nH]c2ccccc12. The summed E-state index contributed by atoms with van der Waals surface area (Å²) in [4.78, 5) is 13.5. The number of aromatic nitrogens is 1. The van der Waals surface area contributed by atoms with Crippen LogP contribution in [0.1, 0.15) is 5.56 Å². The van der Waals surface area contributed by atoms with Crippen molar-refractivity contribution in [2.75, 3.05) is 0 Å². The first kappa shape index (κ1) is 7.86. The number of H-pyrrole nitrogens is 1. The lowest BCUT2D eigenvalue weighted by Crippen LogP contribution is -1.98. The number of rotatable bonds is 2. The first-order valence-corrected chi connectivity index (χ1v) is 4.04. The van der Waals surface area contributed by atoms with E-state index in [-0.39, 0.29) is 6.42 Å². The molecule has 0 saturated carbocycles. The van der Waals surface area contributed by atoms with Crippen LogP contribution in [-0.2, 0) is 11.2 Å². The Kier molecular flexibility index (Phi) is 1.77. The fourth-order valence-corrected chi connectivity index (χ4v) is 1.44. The van der Waals surface area contributed by atoms with Crippen LogP contribution in [0.5, 0.6) is 0 Å². The maximum absolute atomic E-state index is 10.5. The summed E-state index contributed by atoms with van der Waals surface area (Å²) in [5, 5.41) is 9.62. The maximum Gasteiger partial charge on any atom is 0.307 e. The van der Waals surface area contributed by atoms with Crippen molar-refractivity contribution >= 4 is 16.9 Å². The van der Waals surface area contributed by atoms with Crippen molar-refractivity contribution in [1.82, 2.24) is 4.98 Å². The van der Waals surface area contributed by atoms with E-state index in [0.717, 1.165) is 16.5 Å². The Balaban J connectivity index is 2.51. The van der Waals surface area contributed by atoms with Crippen molar-refractivity contribution < 1.29 is 9.90 Å². The highest BCUT2D eigenvalue weighted by Crippen LogP contribution is 2.17. The summed E-state index contributed by atoms with van der Waals surface area (Å²) in [5.41, 5.74) is 1.82. The zero-order valence-corrected chi connectivity index (χ0v) is 6.95. The second-order valence-corrected chi connectivity index (χ2v) is 2.93. The van der Waals surface area contributed by atoms with Crippen molar-refractivity contribution in [2.24, 2.45) is 0 Å². The summed E-state index contributed by atoms with van der Waals surface area (Å²) in [6, 6.07) is 7.68. The van der Waals surface area contributed by atoms with Gasteiger partial charge in [-0.1, -0.05) is 18.2 Å². The molecule has 2 rings (SSSR count). The first-order valence-electron chi connectivity index (χ1n) is 4.04. The lowest BCUT2D eigenvalue weighted by molar-refractivity contribution is -0.136. The predicted molar refractivity (Wildman–Crippen MR) is 49.6 cm³/mol. The maximum atomic E-state index is 10.5. The van der Waals surface area contributed by atoms with Gasteiger partial charge >= 0.3 is 5.97 Å². The Labute approximate surface area is 75.0 Å². The number of fused-ring (bicyclic) bond motifs is 1. The van der Waals surface area contributed by atoms with Crippen LogP contribution in [0.4, 0.5) is 0 Å². The van der Waals surface area contributed by atoms with E-state index in [0.29, 0.717) is 0 Å². The third-order valence-corrected chi connectivity index (χ3v) is 2.02. The lowest BCUT2D eigenvalue weighted by atomic mass is 10.2. The minimum atomic E-state index is -0.801. The molecule has 3 heteroatoms. The molecule has 0 unspecified atom stereocenters. The molecule has 0 bridgehead atoms. The van der Waals surface area contributed by atoms with Crippen LogP contribution in [0.3, 0.4) is 0 Å². The van der Waals surface area contributed by atoms with Crippen LogP contribution in [-0.4, -0.2) is 16.1 Å². The van der Waals surface area contributed by atoms with E-state index < -0.39 is 5.97 Å². The molecule has 3 nitrogen and oxygen atoms in total. The van der Waals surface area contributed by atoms with Crippen LogP contribution in [0.2, 0.25) is 0 Å². The van der Waals surface area contributed by atoms with E-state index in [4.69, 9.17) is 5.11 Å². The Morgan fingerprint density at radius 1 is 1.38 bits per heavy atom. The highest BCUT2D eigenvalue weighted by atomic mass is 16.4. The minimum absolute atomic E-state index is 0.0734. The molecule has 0 fully saturated rings. The molecule has 2 aromatic rings. The number of nitrogens with one attached hydrogen (secondary N) is 1. The number of carboxylic acid groups (broad SMARTS) is 1. The summed E-state index contributed by atoms with van der Waals surface area (Å²) < 4.78 is 0. The van der Waals surface area contributed by atoms with Gasteiger partial charge in [0, 0.05) is 17.1 Å². The molecular formula is C10H9NO2. The number of para-hydroxylation sites is 1. The summed E-state index contributed by atoms with van der Waals surface area (Å²) in [7, 11) is 0. The molecule has 0 aliphatic carbocycles. The molecule has 0 spiro atoms. The van der Waals surface area contributed by atoms with Crippen molar-refractivity contribution in [3.8, 4) is 0 Å². The molecule has 0 amide bonds. The van der Waals surface area contributed by atoms with Gasteiger partial charge in [-0.15, -0.1) is 0 Å². The summed E-state index contributed by atoms with van der Waals surface area (Å²) in [6.45, 7) is 0. The molecule has 0 saturated heterocycles. The monoisotopic (exact) mass is 177 g/mol. The second kappa shape index (κ2) is 2.94. The molecule has 0 aliphatic rings. The number of hydrogen-bond acceptors (Lipinski definition) is 1. The van der Waals surface area contributed by atoms with E-state index in [9.17, 15) is 4.79 Å². The van der Waals surface area contributed by atoms with Gasteiger partial charge in [-0.2, -0.15) is 0 Å². The van der Waals surface area contributed by atoms with Crippen molar-refractivity contribution in [1.29, 1.82) is 0 Å². The van der Waals surface area contributed by atoms with Gasteiger partial charge in [-0.05, 0) is 11.6 Å². The molecule has 13 heavy (non-hydrogen) atoms. The van der Waals surface area contributed by atoms with Crippen LogP contribution < -0.4 is 0 Å². The summed E-state index contributed by atoms with van der Waals surface area (Å²) >= 11 is 0. The number of aromatic amines is 1. The average Bonchev–Trinajstić information content (AvgIpc) is 2.48. The average molecular weight is 177 g/mol. The fraction of sp³-hybridized carbons (Fsp3) is 0.100. The lowest BCUT2D eigenvalue weighted by Gasteiger charge is -1.92. The fourth-order valence-electron chi connectivity index (χ4n) is 1.44. The number of carbonyl (C=O) groups is 1. The molecule has 0 aliphatic heterocycles. The smallest absolute Gasteiger partial charge is 0.307 e. The van der Waals surface area contributed by atoms with Gasteiger partial charge in [0.25, 0.3) is 0 Å². The molecule has 0 radical (unpaired) electrons. The van der Waals surface area contributed by atoms with Crippen LogP contribution in [0, 0.1) is 0 Å². The zero-order valence-electron chi connectivity index (χ0n) is 6.95. The second-order valence-electron chi connectivity index (χ2n) is 2.93. The van der Waals surface area contributed by atoms with Gasteiger partial charge in [0.05, 0.1) is 6.42 Å². The number of carboxylic acids is 1. The van der Waals surface area contributed by atoms with Crippen LogP contribution >= 0.6 is 0 Å². The number of benzene rings is 1. The molecule has 0 atom stereocenters. The normalized spacial score (nSPS) is 10.5. The highest BCUT2D eigenvalue weighted by molar-refractivity contribution is 5.86. The summed E-state index contributed by atoms with van der Waals surface area (Å²) in [6.07, 6.45) is 1.82. The van der Waals surface area contributed by atoms with Gasteiger partial charge in [0.15, 0.2) is 0 Å². The molecule has 2 N–H and O–H groups in total. The first-order chi connectivity index (χ1) is 6.27. The van der Waals surface area contributed by atoms with Gasteiger partial charge in [0.2, 0.25) is 0 Å². The van der Waals surface area contributed by atoms with Crippen LogP contribution in [0.15, 0.2) is 30.5 Å². The zero-order chi connectivity index (χ0) is 9.26. The van der Waals surface area contributed by atoms with Crippen molar-refractivity contribution in [3.05, 3.63) is 36.0 Å². The van der Waals surface area contributed by atoms with Gasteiger partial charge in [-0.25, -0.2) is 0 Å². The van der Waals surface area contributed by atoms with E-state index in [1.165, 1.54) is 0 Å². The Morgan fingerprint density at radius 2 is 2.15 bits per heavy atom. The van der Waals surface area contributed by atoms with Gasteiger partial charge < -0.3 is 10.1 Å². The van der Waals surface area contributed by atoms with Gasteiger partial charge in [0.1, 0.15) is 0 Å². The molecule has 66 valence electrons.